The van der Waals surface area contributed by atoms with Crippen LogP contribution in [0, 0.1) is 0 Å². The quantitative estimate of drug-likeness (QED) is 0.756. The Kier molecular flexibility index (Phi) is 3.75. The summed E-state index contributed by atoms with van der Waals surface area (Å²) in [6.07, 6.45) is 3.34. The monoisotopic (exact) mass is 297 g/mol. The fourth-order valence-corrected chi connectivity index (χ4v) is 2.16. The fourth-order valence-electron chi connectivity index (χ4n) is 1.94. The van der Waals surface area contributed by atoms with Crippen molar-refractivity contribution in [2.24, 2.45) is 0 Å². The lowest BCUT2D eigenvalue weighted by Gasteiger charge is -1.97. The van der Waals surface area contributed by atoms with Crippen molar-refractivity contribution in [2.45, 2.75) is 0 Å². The minimum absolute atomic E-state index is 0.186. The summed E-state index contributed by atoms with van der Waals surface area (Å²) in [5.41, 5.74) is 1.72. The molecule has 0 atom stereocenters. The van der Waals surface area contributed by atoms with Crippen LogP contribution in [0.4, 0.5) is 0 Å². The number of hydrogen-bond acceptors (Lipinski definition) is 3. The first-order valence-corrected chi connectivity index (χ1v) is 6.78. The van der Waals surface area contributed by atoms with Gasteiger partial charge in [-0.25, -0.2) is 4.98 Å². The molecule has 0 amide bonds. The number of rotatable bonds is 3. The topological polar surface area (TPSA) is 46.3 Å². The van der Waals surface area contributed by atoms with Crippen molar-refractivity contribution in [3.8, 4) is 17.1 Å². The molecule has 0 fully saturated rings. The molecule has 1 aromatic heterocycles. The highest BCUT2D eigenvalue weighted by molar-refractivity contribution is 6.50. The molecule has 0 bridgehead atoms. The normalized spacial score (nSPS) is 11.6. The van der Waals surface area contributed by atoms with Crippen molar-refractivity contribution < 1.29 is 9.52 Å². The summed E-state index contributed by atoms with van der Waals surface area (Å²) < 4.78 is 5.66. The van der Waals surface area contributed by atoms with E-state index in [0.717, 1.165) is 11.1 Å². The molecule has 0 aliphatic rings. The molecule has 3 rings (SSSR count). The molecule has 0 unspecified atom stereocenters. The summed E-state index contributed by atoms with van der Waals surface area (Å²) in [5, 5.41) is 9.82. The van der Waals surface area contributed by atoms with Gasteiger partial charge in [0.05, 0.1) is 6.20 Å². The van der Waals surface area contributed by atoms with Crippen molar-refractivity contribution in [3.05, 3.63) is 72.2 Å². The zero-order valence-electron chi connectivity index (χ0n) is 11.0. The first-order valence-electron chi connectivity index (χ1n) is 6.40. The third-order valence-electron chi connectivity index (χ3n) is 2.93. The van der Waals surface area contributed by atoms with Crippen molar-refractivity contribution in [3.63, 3.8) is 0 Å². The third-order valence-corrected chi connectivity index (χ3v) is 3.20. The third kappa shape index (κ3) is 3.15. The summed E-state index contributed by atoms with van der Waals surface area (Å²) in [4.78, 5) is 4.18. The lowest BCUT2D eigenvalue weighted by Crippen LogP contribution is -1.77. The molecule has 1 N–H and O–H groups in total. The summed E-state index contributed by atoms with van der Waals surface area (Å²) in [7, 11) is 0. The molecule has 0 aliphatic heterocycles. The zero-order chi connectivity index (χ0) is 14.7. The largest absolute Gasteiger partial charge is 0.508 e. The van der Waals surface area contributed by atoms with Crippen LogP contribution in [-0.4, -0.2) is 10.1 Å². The number of benzene rings is 2. The first-order chi connectivity index (χ1) is 10.2. The van der Waals surface area contributed by atoms with Crippen molar-refractivity contribution in [1.29, 1.82) is 0 Å². The Bertz CT molecular complexity index is 778. The van der Waals surface area contributed by atoms with E-state index < -0.39 is 0 Å². The average Bonchev–Trinajstić information content (AvgIpc) is 2.98. The van der Waals surface area contributed by atoms with Gasteiger partial charge in [0.25, 0.3) is 0 Å². The average molecular weight is 298 g/mol. The molecule has 3 nitrogen and oxygen atoms in total. The van der Waals surface area contributed by atoms with E-state index in [0.29, 0.717) is 16.7 Å². The summed E-state index contributed by atoms with van der Waals surface area (Å²) >= 11 is 6.22. The highest BCUT2D eigenvalue weighted by Gasteiger charge is 2.09. The van der Waals surface area contributed by atoms with Gasteiger partial charge in [0.2, 0.25) is 5.89 Å². The fraction of sp³-hybridized carbons (Fsp3) is 0. The van der Waals surface area contributed by atoms with E-state index in [1.54, 1.807) is 30.5 Å². The number of halogens is 1. The summed E-state index contributed by atoms with van der Waals surface area (Å²) in [6, 6.07) is 16.5. The molecule has 3 aromatic rings. The molecule has 0 aliphatic carbocycles. The van der Waals surface area contributed by atoms with Crippen LogP contribution in [0.5, 0.6) is 5.75 Å². The minimum atomic E-state index is 0.186. The molecule has 4 heteroatoms. The molecular weight excluding hydrogens is 286 g/mol. The SMILES string of the molecule is Oc1cccc(/C=C(\Cl)c2ncc(-c3ccccc3)o2)c1. The van der Waals surface area contributed by atoms with Gasteiger partial charge in [0.15, 0.2) is 5.76 Å². The molecule has 104 valence electrons. The molecule has 21 heavy (non-hydrogen) atoms. The number of phenols is 1. The van der Waals surface area contributed by atoms with E-state index in [2.05, 4.69) is 4.98 Å². The predicted molar refractivity (Wildman–Crippen MR) is 83.8 cm³/mol. The Hall–Kier alpha value is -2.52. The maximum Gasteiger partial charge on any atom is 0.238 e. The van der Waals surface area contributed by atoms with E-state index in [9.17, 15) is 5.11 Å². The Labute approximate surface area is 127 Å². The van der Waals surface area contributed by atoms with Crippen molar-refractivity contribution in [1.82, 2.24) is 4.98 Å². The van der Waals surface area contributed by atoms with Gasteiger partial charge in [-0.05, 0) is 23.8 Å². The Morgan fingerprint density at radius 3 is 2.67 bits per heavy atom. The Morgan fingerprint density at radius 1 is 1.10 bits per heavy atom. The molecule has 2 aromatic carbocycles. The van der Waals surface area contributed by atoms with Crippen LogP contribution in [-0.2, 0) is 0 Å². The van der Waals surface area contributed by atoms with Crippen LogP contribution in [0.15, 0.2) is 65.2 Å². The van der Waals surface area contributed by atoms with E-state index in [4.69, 9.17) is 16.0 Å². The molecule has 0 saturated heterocycles. The molecule has 0 saturated carbocycles. The van der Waals surface area contributed by atoms with Crippen molar-refractivity contribution >= 4 is 22.7 Å². The Balaban J connectivity index is 1.89. The molecular formula is C17H12ClNO2. The van der Waals surface area contributed by atoms with Crippen LogP contribution < -0.4 is 0 Å². The van der Waals surface area contributed by atoms with Gasteiger partial charge < -0.3 is 9.52 Å². The summed E-state index contributed by atoms with van der Waals surface area (Å²) in [5.74, 6) is 1.19. The maximum atomic E-state index is 9.44. The number of aromatic hydroxyl groups is 1. The molecule has 0 spiro atoms. The van der Waals surface area contributed by atoms with Gasteiger partial charge in [-0.1, -0.05) is 54.1 Å². The number of nitrogens with zero attached hydrogens (tertiary/aromatic N) is 1. The van der Waals surface area contributed by atoms with E-state index in [1.807, 2.05) is 36.4 Å². The first kappa shape index (κ1) is 13.5. The van der Waals surface area contributed by atoms with Crippen LogP contribution in [0.25, 0.3) is 22.4 Å². The number of oxazole rings is 1. The maximum absolute atomic E-state index is 9.44. The molecule has 1 heterocycles. The van der Waals surface area contributed by atoms with Crippen LogP contribution in [0.1, 0.15) is 11.5 Å². The predicted octanol–water partition coefficient (Wildman–Crippen LogP) is 4.78. The lowest BCUT2D eigenvalue weighted by atomic mass is 10.2. The van der Waals surface area contributed by atoms with Gasteiger partial charge in [-0.3, -0.25) is 0 Å². The van der Waals surface area contributed by atoms with Crippen LogP contribution >= 0.6 is 11.6 Å². The smallest absolute Gasteiger partial charge is 0.238 e. The van der Waals surface area contributed by atoms with Gasteiger partial charge in [0, 0.05) is 5.56 Å². The number of aromatic nitrogens is 1. The van der Waals surface area contributed by atoms with Gasteiger partial charge in [0.1, 0.15) is 10.8 Å². The van der Waals surface area contributed by atoms with E-state index in [1.165, 1.54) is 0 Å². The van der Waals surface area contributed by atoms with Gasteiger partial charge >= 0.3 is 0 Å². The van der Waals surface area contributed by atoms with Crippen LogP contribution in [0.2, 0.25) is 0 Å². The minimum Gasteiger partial charge on any atom is -0.508 e. The summed E-state index contributed by atoms with van der Waals surface area (Å²) in [6.45, 7) is 0. The number of hydrogen-bond donors (Lipinski definition) is 1. The second kappa shape index (κ2) is 5.85. The molecule has 0 radical (unpaired) electrons. The Morgan fingerprint density at radius 2 is 1.90 bits per heavy atom. The van der Waals surface area contributed by atoms with E-state index in [-0.39, 0.29) is 5.75 Å². The highest BCUT2D eigenvalue weighted by Crippen LogP contribution is 2.27. The van der Waals surface area contributed by atoms with Crippen LogP contribution in [0.3, 0.4) is 0 Å². The van der Waals surface area contributed by atoms with Gasteiger partial charge in [-0.2, -0.15) is 0 Å². The second-order valence-corrected chi connectivity index (χ2v) is 4.89. The second-order valence-electron chi connectivity index (χ2n) is 4.48. The lowest BCUT2D eigenvalue weighted by molar-refractivity contribution is 0.475. The van der Waals surface area contributed by atoms with E-state index >= 15 is 0 Å². The van der Waals surface area contributed by atoms with Crippen molar-refractivity contribution in [2.75, 3.05) is 0 Å². The van der Waals surface area contributed by atoms with Gasteiger partial charge in [-0.15, -0.1) is 0 Å². The standard InChI is InChI=1S/C17H12ClNO2/c18-15(10-12-5-4-8-14(20)9-12)17-19-11-16(21-17)13-6-2-1-3-7-13/h1-11,20H/b15-10-. The highest BCUT2D eigenvalue weighted by atomic mass is 35.5. The number of phenolic OH excluding ortho intramolecular Hbond substituents is 1. The zero-order valence-corrected chi connectivity index (χ0v) is 11.8.